The van der Waals surface area contributed by atoms with E-state index in [0.29, 0.717) is 5.41 Å². The fourth-order valence-corrected chi connectivity index (χ4v) is 2.01. The Balaban J connectivity index is 2.22. The third-order valence-electron chi connectivity index (χ3n) is 3.42. The normalized spacial score (nSPS) is 17.9. The van der Waals surface area contributed by atoms with Crippen LogP contribution in [0.3, 0.4) is 0 Å². The third-order valence-corrected chi connectivity index (χ3v) is 3.42. The van der Waals surface area contributed by atoms with Crippen molar-refractivity contribution < 1.29 is 0 Å². The van der Waals surface area contributed by atoms with Gasteiger partial charge in [0, 0.05) is 11.6 Å². The predicted octanol–water partition coefficient (Wildman–Crippen LogP) is 2.58. The second-order valence-corrected chi connectivity index (χ2v) is 4.69. The molecule has 1 aliphatic carbocycles. The number of benzene rings is 1. The molecule has 1 N–H and O–H groups in total. The Bertz CT molecular complexity index is 578. The first kappa shape index (κ1) is 8.72. The van der Waals surface area contributed by atoms with Crippen LogP contribution in [0.4, 0.5) is 0 Å². The molecule has 3 rings (SSSR count). The van der Waals surface area contributed by atoms with E-state index < -0.39 is 0 Å². The minimum absolute atomic E-state index is 0.0344. The molecule has 0 amide bonds. The first-order chi connectivity index (χ1) is 7.17. The number of hydrogen-bond acceptors (Lipinski definition) is 1. The van der Waals surface area contributed by atoms with Gasteiger partial charge in [-0.3, -0.25) is 4.79 Å². The maximum atomic E-state index is 11.1. The average Bonchev–Trinajstić information content (AvgIpc) is 2.97. The molecule has 1 fully saturated rings. The largest absolute Gasteiger partial charge is 0.322 e. The topological polar surface area (TPSA) is 32.9 Å². The summed E-state index contributed by atoms with van der Waals surface area (Å²) in [5.41, 5.74) is 2.68. The Morgan fingerprint density at radius 1 is 1.20 bits per heavy atom. The van der Waals surface area contributed by atoms with Gasteiger partial charge in [-0.05, 0) is 47.4 Å². The zero-order valence-corrected chi connectivity index (χ0v) is 8.71. The fraction of sp³-hybridized carbons (Fsp3) is 0.308. The number of fused-ring (bicyclic) bond motifs is 1. The van der Waals surface area contributed by atoms with Crippen LogP contribution in [-0.4, -0.2) is 4.98 Å². The summed E-state index contributed by atoms with van der Waals surface area (Å²) in [6.45, 7) is 2.29. The lowest BCUT2D eigenvalue weighted by Gasteiger charge is -2.09. The highest BCUT2D eigenvalue weighted by atomic mass is 16.1. The summed E-state index contributed by atoms with van der Waals surface area (Å²) in [6, 6.07) is 9.81. The van der Waals surface area contributed by atoms with Gasteiger partial charge in [0.05, 0.1) is 0 Å². The molecule has 1 aromatic heterocycles. The molecular formula is C13H13NO. The lowest BCUT2D eigenvalue weighted by atomic mass is 9.97. The van der Waals surface area contributed by atoms with Crippen LogP contribution >= 0.6 is 0 Å². The van der Waals surface area contributed by atoms with E-state index in [1.165, 1.54) is 18.4 Å². The molecule has 1 aliphatic rings. The van der Waals surface area contributed by atoms with Crippen LogP contribution < -0.4 is 5.56 Å². The molecule has 0 radical (unpaired) electrons. The Kier molecular flexibility index (Phi) is 1.58. The maximum Gasteiger partial charge on any atom is 0.248 e. The Morgan fingerprint density at radius 2 is 2.00 bits per heavy atom. The zero-order valence-electron chi connectivity index (χ0n) is 8.71. The highest BCUT2D eigenvalue weighted by molar-refractivity contribution is 5.79. The first-order valence-corrected chi connectivity index (χ1v) is 5.31. The van der Waals surface area contributed by atoms with Crippen molar-refractivity contribution in [3.8, 4) is 0 Å². The third kappa shape index (κ3) is 1.37. The Labute approximate surface area is 87.9 Å². The molecule has 76 valence electrons. The van der Waals surface area contributed by atoms with Gasteiger partial charge < -0.3 is 4.98 Å². The number of pyridine rings is 1. The van der Waals surface area contributed by atoms with Crippen molar-refractivity contribution >= 4 is 10.9 Å². The molecule has 0 spiro atoms. The molecule has 2 heteroatoms. The van der Waals surface area contributed by atoms with E-state index in [1.807, 2.05) is 12.1 Å². The lowest BCUT2D eigenvalue weighted by Crippen LogP contribution is -2.04. The maximum absolute atomic E-state index is 11.1. The van der Waals surface area contributed by atoms with Crippen LogP contribution in [0, 0.1) is 0 Å². The van der Waals surface area contributed by atoms with Gasteiger partial charge in [-0.2, -0.15) is 0 Å². The van der Waals surface area contributed by atoms with Crippen molar-refractivity contribution in [3.05, 3.63) is 46.2 Å². The van der Waals surface area contributed by atoms with Crippen LogP contribution in [0.2, 0.25) is 0 Å². The smallest absolute Gasteiger partial charge is 0.248 e. The van der Waals surface area contributed by atoms with Gasteiger partial charge in [-0.15, -0.1) is 0 Å². The van der Waals surface area contributed by atoms with Gasteiger partial charge in [0.15, 0.2) is 0 Å². The molecule has 1 heterocycles. The van der Waals surface area contributed by atoms with Gasteiger partial charge >= 0.3 is 0 Å². The molecular weight excluding hydrogens is 186 g/mol. The Hall–Kier alpha value is -1.57. The van der Waals surface area contributed by atoms with E-state index >= 15 is 0 Å². The van der Waals surface area contributed by atoms with E-state index in [-0.39, 0.29) is 5.56 Å². The van der Waals surface area contributed by atoms with Crippen molar-refractivity contribution in [1.29, 1.82) is 0 Å². The fourth-order valence-electron chi connectivity index (χ4n) is 2.01. The number of aromatic amines is 1. The summed E-state index contributed by atoms with van der Waals surface area (Å²) in [5, 5.41) is 1.13. The standard InChI is InChI=1S/C13H13NO/c1-13(6-7-13)10-3-4-11-9(8-10)2-5-12(15)14-11/h2-5,8H,6-7H2,1H3,(H,14,15). The number of aromatic nitrogens is 1. The zero-order chi connectivity index (χ0) is 10.5. The van der Waals surface area contributed by atoms with Crippen LogP contribution in [-0.2, 0) is 5.41 Å². The van der Waals surface area contributed by atoms with Gasteiger partial charge in [-0.25, -0.2) is 0 Å². The predicted molar refractivity (Wildman–Crippen MR) is 61.2 cm³/mol. The van der Waals surface area contributed by atoms with Gasteiger partial charge in [0.2, 0.25) is 5.56 Å². The minimum atomic E-state index is -0.0344. The van der Waals surface area contributed by atoms with Crippen molar-refractivity contribution in [1.82, 2.24) is 4.98 Å². The quantitative estimate of drug-likeness (QED) is 0.752. The van der Waals surface area contributed by atoms with Gasteiger partial charge in [0.25, 0.3) is 0 Å². The van der Waals surface area contributed by atoms with E-state index in [4.69, 9.17) is 0 Å². The van der Waals surface area contributed by atoms with Crippen LogP contribution in [0.1, 0.15) is 25.3 Å². The molecule has 2 nitrogen and oxygen atoms in total. The van der Waals surface area contributed by atoms with E-state index in [1.54, 1.807) is 6.07 Å². The lowest BCUT2D eigenvalue weighted by molar-refractivity contribution is 0.789. The minimum Gasteiger partial charge on any atom is -0.322 e. The summed E-state index contributed by atoms with van der Waals surface area (Å²) >= 11 is 0. The van der Waals surface area contributed by atoms with E-state index in [2.05, 4.69) is 24.0 Å². The number of rotatable bonds is 1. The molecule has 0 bridgehead atoms. The second kappa shape index (κ2) is 2.72. The summed E-state index contributed by atoms with van der Waals surface area (Å²) in [7, 11) is 0. The van der Waals surface area contributed by atoms with Crippen molar-refractivity contribution in [3.63, 3.8) is 0 Å². The molecule has 1 saturated carbocycles. The summed E-state index contributed by atoms with van der Waals surface area (Å²) in [5.74, 6) is 0. The summed E-state index contributed by atoms with van der Waals surface area (Å²) in [4.78, 5) is 14.0. The summed E-state index contributed by atoms with van der Waals surface area (Å²) < 4.78 is 0. The molecule has 0 atom stereocenters. The SMILES string of the molecule is CC1(c2ccc3[nH]c(=O)ccc3c2)CC1. The van der Waals surface area contributed by atoms with Crippen LogP contribution in [0.15, 0.2) is 35.1 Å². The van der Waals surface area contributed by atoms with E-state index in [9.17, 15) is 4.79 Å². The van der Waals surface area contributed by atoms with E-state index in [0.717, 1.165) is 10.9 Å². The number of nitrogens with one attached hydrogen (secondary N) is 1. The molecule has 15 heavy (non-hydrogen) atoms. The number of H-pyrrole nitrogens is 1. The molecule has 0 saturated heterocycles. The highest BCUT2D eigenvalue weighted by Gasteiger charge is 2.38. The van der Waals surface area contributed by atoms with Crippen LogP contribution in [0.5, 0.6) is 0 Å². The van der Waals surface area contributed by atoms with Crippen molar-refractivity contribution in [2.75, 3.05) is 0 Å². The molecule has 0 unspecified atom stereocenters. The van der Waals surface area contributed by atoms with Gasteiger partial charge in [0.1, 0.15) is 0 Å². The van der Waals surface area contributed by atoms with Crippen molar-refractivity contribution in [2.45, 2.75) is 25.2 Å². The molecule has 0 aliphatic heterocycles. The summed E-state index contributed by atoms with van der Waals surface area (Å²) in [6.07, 6.45) is 2.56. The highest BCUT2D eigenvalue weighted by Crippen LogP contribution is 2.47. The van der Waals surface area contributed by atoms with Crippen LogP contribution in [0.25, 0.3) is 10.9 Å². The average molecular weight is 199 g/mol. The van der Waals surface area contributed by atoms with Gasteiger partial charge in [-0.1, -0.05) is 13.0 Å². The first-order valence-electron chi connectivity index (χ1n) is 5.31. The number of hydrogen-bond donors (Lipinski definition) is 1. The molecule has 1 aromatic carbocycles. The monoisotopic (exact) mass is 199 g/mol. The second-order valence-electron chi connectivity index (χ2n) is 4.69. The molecule has 2 aromatic rings. The van der Waals surface area contributed by atoms with Crippen molar-refractivity contribution in [2.24, 2.45) is 0 Å². The Morgan fingerprint density at radius 3 is 2.73 bits per heavy atom.